The molecule has 0 bridgehead atoms. The lowest BCUT2D eigenvalue weighted by atomic mass is 9.97. The fraction of sp³-hybridized carbons (Fsp3) is 0.333. The van der Waals surface area contributed by atoms with E-state index in [1.807, 2.05) is 48.7 Å². The Morgan fingerprint density at radius 1 is 1.19 bits per heavy atom. The number of nitrogen functional groups attached to an aromatic ring is 1. The lowest BCUT2D eigenvalue weighted by molar-refractivity contribution is -0.138. The number of carbonyl (C=O) groups excluding carboxylic acids is 2. The number of hydrogen-bond donors (Lipinski definition) is 4. The van der Waals surface area contributed by atoms with Crippen molar-refractivity contribution in [1.82, 2.24) is 15.2 Å². The Bertz CT molecular complexity index is 1130. The number of para-hydroxylation sites is 1. The van der Waals surface area contributed by atoms with E-state index in [1.165, 1.54) is 5.56 Å². The number of hydrogen-bond acceptors (Lipinski definition) is 4. The molecule has 1 atom stereocenters. The number of aromatic amines is 1. The Morgan fingerprint density at radius 2 is 1.97 bits per heavy atom. The highest BCUT2D eigenvalue weighted by Gasteiger charge is 2.32. The summed E-state index contributed by atoms with van der Waals surface area (Å²) in [4.78, 5) is 31.2. The number of H-pyrrole nitrogens is 1. The number of aromatic nitrogens is 1. The minimum atomic E-state index is -1.08. The van der Waals surface area contributed by atoms with E-state index >= 15 is 0 Å². The van der Waals surface area contributed by atoms with Crippen LogP contribution in [0.1, 0.15) is 30.5 Å². The van der Waals surface area contributed by atoms with Crippen LogP contribution in [0.2, 0.25) is 0 Å². The Kier molecular flexibility index (Phi) is 5.45. The molecule has 1 aromatic heterocycles. The zero-order chi connectivity index (χ0) is 22.2. The molecule has 0 saturated carbocycles. The molecular weight excluding hydrogens is 390 g/mol. The third-order valence-electron chi connectivity index (χ3n) is 5.84. The maximum atomic E-state index is 13.5. The van der Waals surface area contributed by atoms with Crippen LogP contribution in [0, 0.1) is 0 Å². The van der Waals surface area contributed by atoms with Crippen LogP contribution in [0.3, 0.4) is 0 Å². The molecule has 2 amide bonds. The fourth-order valence-corrected chi connectivity index (χ4v) is 4.05. The summed E-state index contributed by atoms with van der Waals surface area (Å²) in [5.41, 5.74) is 15.8. The van der Waals surface area contributed by atoms with Gasteiger partial charge < -0.3 is 26.7 Å². The first-order valence-electron chi connectivity index (χ1n) is 10.5. The Morgan fingerprint density at radius 3 is 2.74 bits per heavy atom. The average Bonchev–Trinajstić information content (AvgIpc) is 3.14. The van der Waals surface area contributed by atoms with Crippen LogP contribution in [0.4, 0.5) is 5.69 Å². The zero-order valence-corrected chi connectivity index (χ0v) is 17.9. The maximum Gasteiger partial charge on any atom is 0.245 e. The molecule has 1 unspecified atom stereocenters. The van der Waals surface area contributed by atoms with Crippen LogP contribution in [0.25, 0.3) is 10.9 Å². The van der Waals surface area contributed by atoms with Gasteiger partial charge in [0.2, 0.25) is 11.8 Å². The van der Waals surface area contributed by atoms with Gasteiger partial charge in [-0.25, -0.2) is 0 Å². The largest absolute Gasteiger partial charge is 0.399 e. The van der Waals surface area contributed by atoms with Crippen LogP contribution in [0.5, 0.6) is 0 Å². The molecule has 2 heterocycles. The summed E-state index contributed by atoms with van der Waals surface area (Å²) in [5, 5.41) is 3.94. The van der Waals surface area contributed by atoms with Crippen LogP contribution in [-0.4, -0.2) is 39.8 Å². The molecular formula is C24H29N5O2. The van der Waals surface area contributed by atoms with Crippen molar-refractivity contribution in [3.05, 3.63) is 65.4 Å². The highest BCUT2D eigenvalue weighted by molar-refractivity contribution is 5.92. The van der Waals surface area contributed by atoms with Crippen molar-refractivity contribution in [2.75, 3.05) is 12.3 Å². The van der Waals surface area contributed by atoms with Crippen molar-refractivity contribution in [2.45, 2.75) is 44.8 Å². The summed E-state index contributed by atoms with van der Waals surface area (Å²) in [7, 11) is 0. The Hall–Kier alpha value is -3.32. The second-order valence-corrected chi connectivity index (χ2v) is 8.85. The van der Waals surface area contributed by atoms with Gasteiger partial charge in [0.05, 0.1) is 5.54 Å². The van der Waals surface area contributed by atoms with Gasteiger partial charge in [0.1, 0.15) is 6.04 Å². The first-order chi connectivity index (χ1) is 14.7. The lowest BCUT2D eigenvalue weighted by Gasteiger charge is -2.33. The maximum absolute atomic E-state index is 13.5. The second kappa shape index (κ2) is 8.07. The Labute approximate surface area is 181 Å². The van der Waals surface area contributed by atoms with Crippen LogP contribution in [0.15, 0.2) is 48.7 Å². The smallest absolute Gasteiger partial charge is 0.245 e. The van der Waals surface area contributed by atoms with E-state index in [-0.39, 0.29) is 11.8 Å². The van der Waals surface area contributed by atoms with Gasteiger partial charge in [-0.2, -0.15) is 0 Å². The molecule has 6 N–H and O–H groups in total. The third kappa shape index (κ3) is 4.41. The first-order valence-corrected chi connectivity index (χ1v) is 10.5. The lowest BCUT2D eigenvalue weighted by Crippen LogP contribution is -2.57. The van der Waals surface area contributed by atoms with Crippen LogP contribution < -0.4 is 16.8 Å². The molecule has 0 aliphatic carbocycles. The SMILES string of the molecule is CC(C)(N)C(=O)NC(Cc1c[nH]c2ccccc12)C(=O)N1CCc2ccc(N)cc2C1. The molecule has 162 valence electrons. The molecule has 7 heteroatoms. The summed E-state index contributed by atoms with van der Waals surface area (Å²) in [6.07, 6.45) is 3.04. The topological polar surface area (TPSA) is 117 Å². The van der Waals surface area contributed by atoms with Gasteiger partial charge in [-0.15, -0.1) is 0 Å². The minimum absolute atomic E-state index is 0.115. The number of benzene rings is 2. The van der Waals surface area contributed by atoms with Gasteiger partial charge in [-0.1, -0.05) is 24.3 Å². The average molecular weight is 420 g/mol. The predicted octanol–water partition coefficient (Wildman–Crippen LogP) is 2.10. The fourth-order valence-electron chi connectivity index (χ4n) is 4.05. The zero-order valence-electron chi connectivity index (χ0n) is 17.9. The van der Waals surface area contributed by atoms with Gasteiger partial charge in [-0.05, 0) is 55.2 Å². The summed E-state index contributed by atoms with van der Waals surface area (Å²) < 4.78 is 0. The number of fused-ring (bicyclic) bond motifs is 2. The molecule has 0 fully saturated rings. The standard InChI is InChI=1S/C24H29N5O2/c1-24(2,26)23(31)28-21(12-16-13-27-20-6-4-3-5-19(16)20)22(30)29-10-9-15-7-8-18(25)11-17(15)14-29/h3-8,11,13,21,27H,9-10,12,14,25-26H2,1-2H3,(H,28,31). The Balaban J connectivity index is 1.60. The van der Waals surface area contributed by atoms with E-state index in [1.54, 1.807) is 18.7 Å². The number of carbonyl (C=O) groups is 2. The second-order valence-electron chi connectivity index (χ2n) is 8.85. The van der Waals surface area contributed by atoms with E-state index in [0.29, 0.717) is 25.2 Å². The number of anilines is 1. The van der Waals surface area contributed by atoms with Crippen molar-refractivity contribution in [3.8, 4) is 0 Å². The number of nitrogens with two attached hydrogens (primary N) is 2. The van der Waals surface area contributed by atoms with Crippen molar-refractivity contribution in [2.24, 2.45) is 5.73 Å². The summed E-state index contributed by atoms with van der Waals surface area (Å²) >= 11 is 0. The molecule has 7 nitrogen and oxygen atoms in total. The molecule has 1 aliphatic rings. The quantitative estimate of drug-likeness (QED) is 0.474. The van der Waals surface area contributed by atoms with Gasteiger partial charge in [0.15, 0.2) is 0 Å². The third-order valence-corrected chi connectivity index (χ3v) is 5.84. The number of nitrogens with zero attached hydrogens (tertiary/aromatic N) is 1. The highest BCUT2D eigenvalue weighted by atomic mass is 16.2. The minimum Gasteiger partial charge on any atom is -0.399 e. The number of rotatable bonds is 5. The van der Waals surface area contributed by atoms with Crippen LogP contribution in [-0.2, 0) is 29.0 Å². The summed E-state index contributed by atoms with van der Waals surface area (Å²) in [5.74, 6) is -0.469. The number of nitrogens with one attached hydrogen (secondary N) is 2. The first kappa shape index (κ1) is 20.9. The van der Waals surface area contributed by atoms with Gasteiger partial charge in [-0.3, -0.25) is 9.59 Å². The molecule has 2 aromatic carbocycles. The summed E-state index contributed by atoms with van der Waals surface area (Å²) in [6.45, 7) is 4.35. The van der Waals surface area contributed by atoms with Gasteiger partial charge >= 0.3 is 0 Å². The molecule has 0 spiro atoms. The van der Waals surface area contributed by atoms with Crippen molar-refractivity contribution in [1.29, 1.82) is 0 Å². The normalized spacial score (nSPS) is 14.9. The molecule has 4 rings (SSSR count). The van der Waals surface area contributed by atoms with Crippen molar-refractivity contribution < 1.29 is 9.59 Å². The van der Waals surface area contributed by atoms with E-state index in [9.17, 15) is 9.59 Å². The van der Waals surface area contributed by atoms with Crippen LogP contribution >= 0.6 is 0 Å². The van der Waals surface area contributed by atoms with Gasteiger partial charge in [0.25, 0.3) is 0 Å². The van der Waals surface area contributed by atoms with E-state index in [0.717, 1.165) is 28.5 Å². The molecule has 0 radical (unpaired) electrons. The molecule has 3 aromatic rings. The molecule has 0 saturated heterocycles. The predicted molar refractivity (Wildman–Crippen MR) is 122 cm³/mol. The number of amides is 2. The van der Waals surface area contributed by atoms with Crippen molar-refractivity contribution >= 4 is 28.4 Å². The molecule has 31 heavy (non-hydrogen) atoms. The van der Waals surface area contributed by atoms with E-state index in [2.05, 4.69) is 10.3 Å². The molecule has 1 aliphatic heterocycles. The van der Waals surface area contributed by atoms with E-state index in [4.69, 9.17) is 11.5 Å². The van der Waals surface area contributed by atoms with Crippen molar-refractivity contribution in [3.63, 3.8) is 0 Å². The summed E-state index contributed by atoms with van der Waals surface area (Å²) in [6, 6.07) is 13.0. The van der Waals surface area contributed by atoms with Gasteiger partial charge in [0, 0.05) is 42.3 Å². The van der Waals surface area contributed by atoms with E-state index < -0.39 is 11.6 Å². The monoisotopic (exact) mass is 419 g/mol. The highest BCUT2D eigenvalue weighted by Crippen LogP contribution is 2.24.